The number of hydrogen-bond acceptors (Lipinski definition) is 4. The minimum Gasteiger partial charge on any atom is -0.497 e. The van der Waals surface area contributed by atoms with E-state index in [0.29, 0.717) is 5.75 Å². The Morgan fingerprint density at radius 1 is 1.38 bits per heavy atom. The van der Waals surface area contributed by atoms with Gasteiger partial charge in [0.1, 0.15) is 11.6 Å². The van der Waals surface area contributed by atoms with Gasteiger partial charge in [-0.1, -0.05) is 12.1 Å². The van der Waals surface area contributed by atoms with E-state index < -0.39 is 5.82 Å². The minimum absolute atomic E-state index is 0.0921. The van der Waals surface area contributed by atoms with Gasteiger partial charge in [0.15, 0.2) is 12.4 Å². The van der Waals surface area contributed by atoms with Crippen molar-refractivity contribution < 1.29 is 23.5 Å². The van der Waals surface area contributed by atoms with E-state index in [0.717, 1.165) is 17.7 Å². The van der Waals surface area contributed by atoms with Crippen LogP contribution in [0.2, 0.25) is 0 Å². The maximum absolute atomic E-state index is 13.7. The van der Waals surface area contributed by atoms with Crippen LogP contribution in [0.15, 0.2) is 36.4 Å². The van der Waals surface area contributed by atoms with Crippen LogP contribution in [-0.4, -0.2) is 25.5 Å². The van der Waals surface area contributed by atoms with Crippen molar-refractivity contribution >= 4 is 23.2 Å². The molecule has 0 spiro atoms. The second kappa shape index (κ2) is 6.57. The number of amides is 2. The first-order chi connectivity index (χ1) is 11.5. The van der Waals surface area contributed by atoms with Crippen molar-refractivity contribution in [1.29, 1.82) is 0 Å². The molecule has 0 saturated carbocycles. The average molecular weight is 330 g/mol. The Morgan fingerprint density at radius 2 is 2.21 bits per heavy atom. The Labute approximate surface area is 137 Å². The number of anilines is 2. The van der Waals surface area contributed by atoms with Gasteiger partial charge in [-0.05, 0) is 17.7 Å². The van der Waals surface area contributed by atoms with Crippen LogP contribution < -0.4 is 20.1 Å². The first-order valence-corrected chi connectivity index (χ1v) is 7.24. The van der Waals surface area contributed by atoms with E-state index in [9.17, 15) is 14.0 Å². The number of carbonyl (C=O) groups is 2. The zero-order valence-corrected chi connectivity index (χ0v) is 12.9. The third kappa shape index (κ3) is 3.45. The summed E-state index contributed by atoms with van der Waals surface area (Å²) in [4.78, 5) is 23.5. The summed E-state index contributed by atoms with van der Waals surface area (Å²) in [6.45, 7) is -0.183. The SMILES string of the molecule is COc1cccc(CC(=O)Nc2cc(F)cc3c2OCC(=O)N3)c1. The fourth-order valence-corrected chi connectivity index (χ4v) is 2.42. The number of carbonyl (C=O) groups excluding carboxylic acids is 2. The standard InChI is InChI=1S/C17H15FN2O4/c1-23-12-4-2-3-10(5-12)6-15(21)19-13-7-11(18)8-14-17(13)24-9-16(22)20-14/h2-5,7-8H,6,9H2,1H3,(H,19,21)(H,20,22). The predicted molar refractivity (Wildman–Crippen MR) is 85.9 cm³/mol. The molecule has 7 heteroatoms. The number of ether oxygens (including phenoxy) is 2. The molecule has 3 rings (SSSR count). The summed E-state index contributed by atoms with van der Waals surface area (Å²) in [7, 11) is 1.55. The molecule has 0 fully saturated rings. The third-order valence-electron chi connectivity index (χ3n) is 3.45. The number of fused-ring (bicyclic) bond motifs is 1. The number of halogens is 1. The van der Waals surface area contributed by atoms with Crippen molar-refractivity contribution in [3.05, 3.63) is 47.8 Å². The molecule has 24 heavy (non-hydrogen) atoms. The van der Waals surface area contributed by atoms with Crippen LogP contribution in [0.4, 0.5) is 15.8 Å². The first kappa shape index (κ1) is 15.8. The zero-order valence-electron chi connectivity index (χ0n) is 12.9. The lowest BCUT2D eigenvalue weighted by Crippen LogP contribution is -2.26. The summed E-state index contributed by atoms with van der Waals surface area (Å²) in [5.74, 6) is -0.404. The minimum atomic E-state index is -0.587. The van der Waals surface area contributed by atoms with E-state index in [1.165, 1.54) is 0 Å². The van der Waals surface area contributed by atoms with Crippen molar-refractivity contribution in [1.82, 2.24) is 0 Å². The van der Waals surface area contributed by atoms with Crippen molar-refractivity contribution in [2.45, 2.75) is 6.42 Å². The van der Waals surface area contributed by atoms with Gasteiger partial charge in [0.05, 0.1) is 24.9 Å². The Bertz CT molecular complexity index is 807. The van der Waals surface area contributed by atoms with Gasteiger partial charge < -0.3 is 20.1 Å². The Kier molecular flexibility index (Phi) is 4.33. The lowest BCUT2D eigenvalue weighted by molar-refractivity contribution is -0.118. The molecular weight excluding hydrogens is 315 g/mol. The van der Waals surface area contributed by atoms with Crippen LogP contribution in [0.25, 0.3) is 0 Å². The number of rotatable bonds is 4. The summed E-state index contributed by atoms with van der Waals surface area (Å²) < 4.78 is 24.1. The van der Waals surface area contributed by atoms with E-state index in [-0.39, 0.29) is 42.0 Å². The summed E-state index contributed by atoms with van der Waals surface area (Å²) in [6.07, 6.45) is 0.0921. The third-order valence-corrected chi connectivity index (χ3v) is 3.45. The maximum Gasteiger partial charge on any atom is 0.262 e. The van der Waals surface area contributed by atoms with Crippen LogP contribution in [0, 0.1) is 5.82 Å². The van der Waals surface area contributed by atoms with Crippen molar-refractivity contribution in [2.24, 2.45) is 0 Å². The van der Waals surface area contributed by atoms with Gasteiger partial charge >= 0.3 is 0 Å². The Hall–Kier alpha value is -3.09. The monoisotopic (exact) mass is 330 g/mol. The molecule has 2 amide bonds. The molecule has 1 aliphatic rings. The Morgan fingerprint density at radius 3 is 3.00 bits per heavy atom. The molecule has 0 atom stereocenters. The van der Waals surface area contributed by atoms with Crippen molar-refractivity contribution in [3.8, 4) is 11.5 Å². The summed E-state index contributed by atoms with van der Waals surface area (Å²) in [5, 5.41) is 5.12. The molecule has 0 saturated heterocycles. The van der Waals surface area contributed by atoms with Crippen LogP contribution in [0.5, 0.6) is 11.5 Å². The first-order valence-electron chi connectivity index (χ1n) is 7.24. The predicted octanol–water partition coefficient (Wildman–Crippen LogP) is 2.35. The highest BCUT2D eigenvalue weighted by Crippen LogP contribution is 2.36. The molecule has 6 nitrogen and oxygen atoms in total. The molecule has 1 heterocycles. The Balaban J connectivity index is 1.78. The molecule has 0 aliphatic carbocycles. The second-order valence-corrected chi connectivity index (χ2v) is 5.24. The van der Waals surface area contributed by atoms with Gasteiger partial charge in [-0.25, -0.2) is 4.39 Å². The molecule has 0 bridgehead atoms. The highest BCUT2D eigenvalue weighted by atomic mass is 19.1. The smallest absolute Gasteiger partial charge is 0.262 e. The lowest BCUT2D eigenvalue weighted by Gasteiger charge is -2.21. The van der Waals surface area contributed by atoms with Crippen molar-refractivity contribution in [2.75, 3.05) is 24.4 Å². The van der Waals surface area contributed by atoms with Gasteiger partial charge in [0.2, 0.25) is 5.91 Å². The average Bonchev–Trinajstić information content (AvgIpc) is 2.54. The zero-order chi connectivity index (χ0) is 17.1. The maximum atomic E-state index is 13.7. The fraction of sp³-hybridized carbons (Fsp3) is 0.176. The van der Waals surface area contributed by atoms with E-state index >= 15 is 0 Å². The number of hydrogen-bond donors (Lipinski definition) is 2. The van der Waals surface area contributed by atoms with Crippen LogP contribution in [0.3, 0.4) is 0 Å². The van der Waals surface area contributed by atoms with Gasteiger partial charge in [0.25, 0.3) is 5.91 Å². The van der Waals surface area contributed by atoms with E-state index in [1.807, 2.05) is 0 Å². The van der Waals surface area contributed by atoms with Crippen LogP contribution in [0.1, 0.15) is 5.56 Å². The molecule has 1 aliphatic heterocycles. The summed E-state index contributed by atoms with van der Waals surface area (Å²) >= 11 is 0. The highest BCUT2D eigenvalue weighted by Gasteiger charge is 2.21. The molecular formula is C17H15FN2O4. The van der Waals surface area contributed by atoms with Gasteiger partial charge in [-0.3, -0.25) is 9.59 Å². The molecule has 124 valence electrons. The van der Waals surface area contributed by atoms with Gasteiger partial charge in [-0.15, -0.1) is 0 Å². The normalized spacial score (nSPS) is 12.7. The van der Waals surface area contributed by atoms with Gasteiger partial charge in [0, 0.05) is 12.1 Å². The summed E-state index contributed by atoms with van der Waals surface area (Å²) in [5.41, 5.74) is 1.13. The highest BCUT2D eigenvalue weighted by molar-refractivity contribution is 6.00. The number of nitrogens with one attached hydrogen (secondary N) is 2. The quantitative estimate of drug-likeness (QED) is 0.902. The van der Waals surface area contributed by atoms with Gasteiger partial charge in [-0.2, -0.15) is 0 Å². The molecule has 0 aromatic heterocycles. The second-order valence-electron chi connectivity index (χ2n) is 5.24. The van der Waals surface area contributed by atoms with Crippen LogP contribution in [-0.2, 0) is 16.0 Å². The largest absolute Gasteiger partial charge is 0.497 e. The fourth-order valence-electron chi connectivity index (χ4n) is 2.42. The lowest BCUT2D eigenvalue weighted by atomic mass is 10.1. The van der Waals surface area contributed by atoms with E-state index in [2.05, 4.69) is 10.6 Å². The number of benzene rings is 2. The topological polar surface area (TPSA) is 76.7 Å². The number of methoxy groups -OCH3 is 1. The molecule has 2 aromatic rings. The molecule has 2 aromatic carbocycles. The summed E-state index contributed by atoms with van der Waals surface area (Å²) in [6, 6.07) is 9.39. The van der Waals surface area contributed by atoms with Crippen LogP contribution >= 0.6 is 0 Å². The van der Waals surface area contributed by atoms with Crippen molar-refractivity contribution in [3.63, 3.8) is 0 Å². The molecule has 0 radical (unpaired) electrons. The van der Waals surface area contributed by atoms with E-state index in [1.54, 1.807) is 31.4 Å². The van der Waals surface area contributed by atoms with E-state index in [4.69, 9.17) is 9.47 Å². The molecule has 2 N–H and O–H groups in total. The molecule has 0 unspecified atom stereocenters.